The SMILES string of the molecule is Cc1ccc(-n2nc(OCC(=O)Nc3ccc(C(C)C)cc3)ccc2=O)cc1C. The second-order valence-corrected chi connectivity index (χ2v) is 7.30. The third-order valence-corrected chi connectivity index (χ3v) is 4.72. The van der Waals surface area contributed by atoms with Crippen LogP contribution in [-0.2, 0) is 4.79 Å². The van der Waals surface area contributed by atoms with Gasteiger partial charge in [-0.2, -0.15) is 4.68 Å². The van der Waals surface area contributed by atoms with Crippen molar-refractivity contribution in [3.63, 3.8) is 0 Å². The molecule has 6 heteroatoms. The number of amides is 1. The van der Waals surface area contributed by atoms with E-state index >= 15 is 0 Å². The molecule has 0 saturated heterocycles. The summed E-state index contributed by atoms with van der Waals surface area (Å²) in [5, 5.41) is 7.01. The summed E-state index contributed by atoms with van der Waals surface area (Å²) in [5.41, 5.74) is 4.49. The molecule has 0 atom stereocenters. The maximum Gasteiger partial charge on any atom is 0.271 e. The highest BCUT2D eigenvalue weighted by atomic mass is 16.5. The normalized spacial score (nSPS) is 10.8. The van der Waals surface area contributed by atoms with E-state index < -0.39 is 0 Å². The Morgan fingerprint density at radius 3 is 2.41 bits per heavy atom. The lowest BCUT2D eigenvalue weighted by atomic mass is 10.0. The average Bonchev–Trinajstić information content (AvgIpc) is 2.70. The van der Waals surface area contributed by atoms with Crippen LogP contribution < -0.4 is 15.6 Å². The minimum absolute atomic E-state index is 0.202. The Morgan fingerprint density at radius 1 is 1.03 bits per heavy atom. The number of carbonyl (C=O) groups excluding carboxylic acids is 1. The molecule has 0 unspecified atom stereocenters. The zero-order valence-electron chi connectivity index (χ0n) is 17.1. The van der Waals surface area contributed by atoms with Crippen molar-refractivity contribution in [3.8, 4) is 11.6 Å². The van der Waals surface area contributed by atoms with Crippen LogP contribution in [0, 0.1) is 13.8 Å². The quantitative estimate of drug-likeness (QED) is 0.690. The van der Waals surface area contributed by atoms with Gasteiger partial charge < -0.3 is 10.1 Å². The maximum absolute atomic E-state index is 12.2. The topological polar surface area (TPSA) is 73.2 Å². The van der Waals surface area contributed by atoms with Gasteiger partial charge in [0.1, 0.15) is 0 Å². The van der Waals surface area contributed by atoms with E-state index in [1.165, 1.54) is 22.4 Å². The lowest BCUT2D eigenvalue weighted by Crippen LogP contribution is -2.24. The van der Waals surface area contributed by atoms with E-state index in [0.717, 1.165) is 11.1 Å². The van der Waals surface area contributed by atoms with E-state index in [2.05, 4.69) is 24.3 Å². The van der Waals surface area contributed by atoms with Crippen molar-refractivity contribution in [2.75, 3.05) is 11.9 Å². The lowest BCUT2D eigenvalue weighted by Gasteiger charge is -2.11. The Labute approximate surface area is 170 Å². The molecule has 0 bridgehead atoms. The molecule has 3 aromatic rings. The van der Waals surface area contributed by atoms with Crippen LogP contribution in [0.4, 0.5) is 5.69 Å². The third kappa shape index (κ3) is 5.10. The molecule has 1 amide bonds. The molecule has 0 saturated carbocycles. The minimum atomic E-state index is -0.298. The number of anilines is 1. The summed E-state index contributed by atoms with van der Waals surface area (Å²) in [7, 11) is 0. The second-order valence-electron chi connectivity index (χ2n) is 7.30. The average molecular weight is 391 g/mol. The summed E-state index contributed by atoms with van der Waals surface area (Å²) < 4.78 is 6.76. The molecule has 1 aromatic heterocycles. The van der Waals surface area contributed by atoms with Gasteiger partial charge in [0.05, 0.1) is 5.69 Å². The highest BCUT2D eigenvalue weighted by Crippen LogP contribution is 2.17. The Balaban J connectivity index is 1.66. The molecule has 6 nitrogen and oxygen atoms in total. The van der Waals surface area contributed by atoms with Crippen molar-refractivity contribution in [2.24, 2.45) is 0 Å². The number of hydrogen-bond acceptors (Lipinski definition) is 4. The van der Waals surface area contributed by atoms with Crippen molar-refractivity contribution in [1.82, 2.24) is 9.78 Å². The zero-order chi connectivity index (χ0) is 21.0. The molecule has 0 spiro atoms. The molecule has 0 radical (unpaired) electrons. The second kappa shape index (κ2) is 8.73. The number of aryl methyl sites for hydroxylation is 2. The Morgan fingerprint density at radius 2 is 1.76 bits per heavy atom. The van der Waals surface area contributed by atoms with Gasteiger partial charge in [0, 0.05) is 17.8 Å². The number of carbonyl (C=O) groups is 1. The van der Waals surface area contributed by atoms with Gasteiger partial charge in [0.25, 0.3) is 11.5 Å². The van der Waals surface area contributed by atoms with Crippen LogP contribution in [0.15, 0.2) is 59.4 Å². The number of ether oxygens (including phenoxy) is 1. The molecule has 1 N–H and O–H groups in total. The predicted octanol–water partition coefficient (Wildman–Crippen LogP) is 3.99. The van der Waals surface area contributed by atoms with E-state index in [1.807, 2.05) is 56.3 Å². The molecule has 3 rings (SSSR count). The van der Waals surface area contributed by atoms with Crippen molar-refractivity contribution in [2.45, 2.75) is 33.6 Å². The van der Waals surface area contributed by atoms with Gasteiger partial charge in [-0.3, -0.25) is 9.59 Å². The number of hydrogen-bond donors (Lipinski definition) is 1. The molecule has 0 aliphatic heterocycles. The Kier molecular flexibility index (Phi) is 6.12. The lowest BCUT2D eigenvalue weighted by molar-refractivity contribution is -0.118. The van der Waals surface area contributed by atoms with Crippen LogP contribution in [0.1, 0.15) is 36.5 Å². The zero-order valence-corrected chi connectivity index (χ0v) is 17.1. The van der Waals surface area contributed by atoms with Crippen LogP contribution in [-0.4, -0.2) is 22.3 Å². The Bertz CT molecular complexity index is 1070. The van der Waals surface area contributed by atoms with Crippen molar-refractivity contribution < 1.29 is 9.53 Å². The van der Waals surface area contributed by atoms with Crippen LogP contribution in [0.5, 0.6) is 5.88 Å². The fourth-order valence-corrected chi connectivity index (χ4v) is 2.80. The van der Waals surface area contributed by atoms with Crippen molar-refractivity contribution >= 4 is 11.6 Å². The molecule has 1 heterocycles. The van der Waals surface area contributed by atoms with Gasteiger partial charge >= 0.3 is 0 Å². The van der Waals surface area contributed by atoms with E-state index in [9.17, 15) is 9.59 Å². The first-order chi connectivity index (χ1) is 13.8. The number of rotatable bonds is 6. The third-order valence-electron chi connectivity index (χ3n) is 4.72. The summed E-state index contributed by atoms with van der Waals surface area (Å²) >= 11 is 0. The van der Waals surface area contributed by atoms with Crippen LogP contribution in [0.25, 0.3) is 5.69 Å². The Hall–Kier alpha value is -3.41. The minimum Gasteiger partial charge on any atom is -0.467 e. The summed E-state index contributed by atoms with van der Waals surface area (Å²) in [6, 6.07) is 16.2. The van der Waals surface area contributed by atoms with Gasteiger partial charge in [0.2, 0.25) is 5.88 Å². The summed E-state index contributed by atoms with van der Waals surface area (Å²) in [6.07, 6.45) is 0. The first-order valence-corrected chi connectivity index (χ1v) is 9.54. The first-order valence-electron chi connectivity index (χ1n) is 9.54. The molecule has 0 fully saturated rings. The van der Waals surface area contributed by atoms with Gasteiger partial charge in [-0.15, -0.1) is 5.10 Å². The summed E-state index contributed by atoms with van der Waals surface area (Å²) in [5.74, 6) is 0.336. The van der Waals surface area contributed by atoms with Gasteiger partial charge in [-0.25, -0.2) is 0 Å². The highest BCUT2D eigenvalue weighted by Gasteiger charge is 2.09. The molecular weight excluding hydrogens is 366 g/mol. The van der Waals surface area contributed by atoms with Crippen LogP contribution >= 0.6 is 0 Å². The molecule has 29 heavy (non-hydrogen) atoms. The predicted molar refractivity (Wildman–Crippen MR) is 114 cm³/mol. The van der Waals surface area contributed by atoms with E-state index in [1.54, 1.807) is 0 Å². The van der Waals surface area contributed by atoms with Gasteiger partial charge in [-0.05, 0) is 60.7 Å². The largest absolute Gasteiger partial charge is 0.467 e. The number of benzene rings is 2. The van der Waals surface area contributed by atoms with Crippen molar-refractivity contribution in [3.05, 3.63) is 81.6 Å². The van der Waals surface area contributed by atoms with E-state index in [-0.39, 0.29) is 24.0 Å². The number of nitrogens with one attached hydrogen (secondary N) is 1. The fourth-order valence-electron chi connectivity index (χ4n) is 2.80. The monoisotopic (exact) mass is 391 g/mol. The maximum atomic E-state index is 12.2. The fraction of sp³-hybridized carbons (Fsp3) is 0.261. The molecule has 0 aliphatic rings. The van der Waals surface area contributed by atoms with Crippen LogP contribution in [0.3, 0.4) is 0 Å². The molecule has 0 aliphatic carbocycles. The van der Waals surface area contributed by atoms with E-state index in [4.69, 9.17) is 4.74 Å². The van der Waals surface area contributed by atoms with Gasteiger partial charge in [0.15, 0.2) is 6.61 Å². The smallest absolute Gasteiger partial charge is 0.271 e. The summed E-state index contributed by atoms with van der Waals surface area (Å²) in [4.78, 5) is 24.4. The molecule has 2 aromatic carbocycles. The standard InChI is InChI=1S/C23H25N3O3/c1-15(2)18-6-8-19(9-7-18)24-21(27)14-29-22-11-12-23(28)26(25-22)20-10-5-16(3)17(4)13-20/h5-13,15H,14H2,1-4H3,(H,24,27). The summed E-state index contributed by atoms with van der Waals surface area (Å²) in [6.45, 7) is 8.01. The van der Waals surface area contributed by atoms with Crippen LogP contribution in [0.2, 0.25) is 0 Å². The first kappa shape index (κ1) is 20.3. The molecule has 150 valence electrons. The van der Waals surface area contributed by atoms with E-state index in [0.29, 0.717) is 17.3 Å². The van der Waals surface area contributed by atoms with Crippen molar-refractivity contribution in [1.29, 1.82) is 0 Å². The molecular formula is C23H25N3O3. The number of aromatic nitrogens is 2. The number of nitrogens with zero attached hydrogens (tertiary/aromatic N) is 2. The highest BCUT2D eigenvalue weighted by molar-refractivity contribution is 5.91. The van der Waals surface area contributed by atoms with Gasteiger partial charge in [-0.1, -0.05) is 32.0 Å².